The molecule has 0 saturated carbocycles. The second-order valence-corrected chi connectivity index (χ2v) is 6.44. The first-order valence-electron chi connectivity index (χ1n) is 5.05. The minimum absolute atomic E-state index is 0.0389. The molecule has 1 aromatic rings. The number of aromatic nitrogens is 2. The third kappa shape index (κ3) is 4.51. The number of thioether (sulfide) groups is 1. The molecule has 4 heteroatoms. The van der Waals surface area contributed by atoms with Gasteiger partial charge < -0.3 is 0 Å². The van der Waals surface area contributed by atoms with Crippen LogP contribution in [0.2, 0.25) is 0 Å². The molecule has 0 bridgehead atoms. The van der Waals surface area contributed by atoms with Gasteiger partial charge in [-0.1, -0.05) is 20.8 Å². The lowest BCUT2D eigenvalue weighted by molar-refractivity contribution is 0.702. The Bertz CT molecular complexity index is 379. The lowest BCUT2D eigenvalue weighted by atomic mass is 10.3. The Morgan fingerprint density at radius 1 is 1.47 bits per heavy atom. The van der Waals surface area contributed by atoms with Gasteiger partial charge in [0.05, 0.1) is 6.33 Å². The van der Waals surface area contributed by atoms with Gasteiger partial charge in [-0.05, 0) is 6.92 Å². The minimum Gasteiger partial charge on any atom is -0.298 e. The van der Waals surface area contributed by atoms with Gasteiger partial charge in [0.25, 0.3) is 5.56 Å². The average molecular weight is 226 g/mol. The molecule has 0 fully saturated rings. The van der Waals surface area contributed by atoms with Crippen LogP contribution in [0.25, 0.3) is 0 Å². The summed E-state index contributed by atoms with van der Waals surface area (Å²) < 4.78 is 1.91. The van der Waals surface area contributed by atoms with Gasteiger partial charge in [-0.15, -0.1) is 0 Å². The third-order valence-corrected chi connectivity index (χ3v) is 3.14. The molecule has 84 valence electrons. The molecule has 0 unspecified atom stereocenters. The Hall–Kier alpha value is -0.770. The molecule has 3 nitrogen and oxygen atoms in total. The zero-order valence-corrected chi connectivity index (χ0v) is 10.6. The van der Waals surface area contributed by atoms with Crippen molar-refractivity contribution >= 4 is 11.8 Å². The van der Waals surface area contributed by atoms with Crippen LogP contribution in [0, 0.1) is 6.92 Å². The molecule has 0 atom stereocenters. The first kappa shape index (κ1) is 12.3. The number of nitrogens with zero attached hydrogens (tertiary/aromatic N) is 2. The van der Waals surface area contributed by atoms with Gasteiger partial charge in [-0.2, -0.15) is 11.8 Å². The van der Waals surface area contributed by atoms with E-state index in [4.69, 9.17) is 0 Å². The lowest BCUT2D eigenvalue weighted by Crippen LogP contribution is -2.22. The zero-order chi connectivity index (χ0) is 11.5. The van der Waals surface area contributed by atoms with Gasteiger partial charge in [0.2, 0.25) is 0 Å². The highest BCUT2D eigenvalue weighted by Gasteiger charge is 2.09. The Balaban J connectivity index is 2.55. The molecule has 0 spiro atoms. The molecule has 0 radical (unpaired) electrons. The fraction of sp³-hybridized carbons (Fsp3) is 0.636. The van der Waals surface area contributed by atoms with Crippen molar-refractivity contribution in [1.29, 1.82) is 0 Å². The first-order valence-corrected chi connectivity index (χ1v) is 6.04. The second-order valence-electron chi connectivity index (χ2n) is 4.52. The van der Waals surface area contributed by atoms with Crippen molar-refractivity contribution in [3.63, 3.8) is 0 Å². The largest absolute Gasteiger partial charge is 0.298 e. The number of aryl methyl sites for hydroxylation is 2. The fourth-order valence-corrected chi connectivity index (χ4v) is 2.04. The summed E-state index contributed by atoms with van der Waals surface area (Å²) in [5.74, 6) is 0.939. The molecule has 0 saturated heterocycles. The van der Waals surface area contributed by atoms with Crippen LogP contribution in [-0.4, -0.2) is 20.1 Å². The van der Waals surface area contributed by atoms with Gasteiger partial charge in [-0.3, -0.25) is 9.36 Å². The summed E-state index contributed by atoms with van der Waals surface area (Å²) in [4.78, 5) is 15.6. The molecule has 0 amide bonds. The molecular weight excluding hydrogens is 208 g/mol. The summed E-state index contributed by atoms with van der Waals surface area (Å²) in [7, 11) is 0. The van der Waals surface area contributed by atoms with Crippen molar-refractivity contribution in [2.45, 2.75) is 39.0 Å². The maximum atomic E-state index is 11.5. The van der Waals surface area contributed by atoms with E-state index in [9.17, 15) is 4.79 Å². The Labute approximate surface area is 94.9 Å². The summed E-state index contributed by atoms with van der Waals surface area (Å²) in [6.45, 7) is 9.08. The molecule has 0 aliphatic heterocycles. The van der Waals surface area contributed by atoms with E-state index in [-0.39, 0.29) is 10.3 Å². The van der Waals surface area contributed by atoms with Crippen LogP contribution in [0.4, 0.5) is 0 Å². The van der Waals surface area contributed by atoms with Gasteiger partial charge >= 0.3 is 0 Å². The van der Waals surface area contributed by atoms with E-state index in [1.165, 1.54) is 0 Å². The van der Waals surface area contributed by atoms with Crippen LogP contribution in [-0.2, 0) is 6.54 Å². The Kier molecular flexibility index (Phi) is 3.97. The Morgan fingerprint density at radius 2 is 2.13 bits per heavy atom. The van der Waals surface area contributed by atoms with Crippen LogP contribution in [0.5, 0.6) is 0 Å². The standard InChI is InChI=1S/C11H18N2OS/c1-9-7-10(14)13(8-12-9)5-6-15-11(2,3)4/h7-8H,5-6H2,1-4H3. The molecule has 0 aromatic carbocycles. The molecule has 15 heavy (non-hydrogen) atoms. The van der Waals surface area contributed by atoms with Crippen molar-refractivity contribution < 1.29 is 0 Å². The maximum Gasteiger partial charge on any atom is 0.253 e. The summed E-state index contributed by atoms with van der Waals surface area (Å²) in [6, 6.07) is 1.57. The van der Waals surface area contributed by atoms with Crippen molar-refractivity contribution in [1.82, 2.24) is 9.55 Å². The normalized spacial score (nSPS) is 11.7. The average Bonchev–Trinajstić information content (AvgIpc) is 2.07. The first-order chi connectivity index (χ1) is 6.88. The van der Waals surface area contributed by atoms with Crippen LogP contribution in [0.3, 0.4) is 0 Å². The van der Waals surface area contributed by atoms with Crippen molar-refractivity contribution in [2.24, 2.45) is 0 Å². The predicted octanol–water partition coefficient (Wildman–Crippen LogP) is 2.08. The topological polar surface area (TPSA) is 34.9 Å². The van der Waals surface area contributed by atoms with Crippen LogP contribution in [0.1, 0.15) is 26.5 Å². The number of rotatable bonds is 3. The van der Waals surface area contributed by atoms with E-state index in [1.807, 2.05) is 18.7 Å². The number of hydrogen-bond acceptors (Lipinski definition) is 3. The van der Waals surface area contributed by atoms with Gasteiger partial charge in [0.15, 0.2) is 0 Å². The van der Waals surface area contributed by atoms with E-state index in [0.717, 1.165) is 18.0 Å². The second kappa shape index (κ2) is 4.84. The van der Waals surface area contributed by atoms with Crippen molar-refractivity contribution in [3.05, 3.63) is 28.4 Å². The van der Waals surface area contributed by atoms with Crippen molar-refractivity contribution in [3.8, 4) is 0 Å². The molecule has 1 rings (SSSR count). The maximum absolute atomic E-state index is 11.5. The highest BCUT2D eigenvalue weighted by atomic mass is 32.2. The minimum atomic E-state index is 0.0389. The van der Waals surface area contributed by atoms with Crippen LogP contribution in [0.15, 0.2) is 17.2 Å². The van der Waals surface area contributed by atoms with E-state index in [0.29, 0.717) is 0 Å². The molecule has 0 N–H and O–H groups in total. The van der Waals surface area contributed by atoms with Gasteiger partial charge in [-0.25, -0.2) is 4.98 Å². The molecular formula is C11H18N2OS. The molecule has 1 aromatic heterocycles. The molecule has 0 aliphatic carbocycles. The van der Waals surface area contributed by atoms with E-state index in [1.54, 1.807) is 17.0 Å². The van der Waals surface area contributed by atoms with Gasteiger partial charge in [0.1, 0.15) is 0 Å². The fourth-order valence-electron chi connectivity index (χ4n) is 1.13. The smallest absolute Gasteiger partial charge is 0.253 e. The summed E-state index contributed by atoms with van der Waals surface area (Å²) in [6.07, 6.45) is 1.63. The molecule has 0 aliphatic rings. The Morgan fingerprint density at radius 3 is 2.67 bits per heavy atom. The van der Waals surface area contributed by atoms with E-state index < -0.39 is 0 Å². The summed E-state index contributed by atoms with van der Waals surface area (Å²) >= 11 is 1.85. The summed E-state index contributed by atoms with van der Waals surface area (Å²) in [5, 5.41) is 0. The van der Waals surface area contributed by atoms with Crippen molar-refractivity contribution in [2.75, 3.05) is 5.75 Å². The van der Waals surface area contributed by atoms with E-state index >= 15 is 0 Å². The van der Waals surface area contributed by atoms with Gasteiger partial charge in [0, 0.05) is 28.8 Å². The SMILES string of the molecule is Cc1cc(=O)n(CCSC(C)(C)C)cn1. The quantitative estimate of drug-likeness (QED) is 0.791. The zero-order valence-electron chi connectivity index (χ0n) is 9.78. The number of hydrogen-bond donors (Lipinski definition) is 0. The monoisotopic (exact) mass is 226 g/mol. The predicted molar refractivity (Wildman–Crippen MR) is 65.4 cm³/mol. The van der Waals surface area contributed by atoms with Crippen LogP contribution >= 0.6 is 11.8 Å². The van der Waals surface area contributed by atoms with E-state index in [2.05, 4.69) is 25.8 Å². The third-order valence-electron chi connectivity index (χ3n) is 1.88. The molecule has 1 heterocycles. The summed E-state index contributed by atoms with van der Waals surface area (Å²) in [5.41, 5.74) is 0.816. The lowest BCUT2D eigenvalue weighted by Gasteiger charge is -2.17. The highest BCUT2D eigenvalue weighted by Crippen LogP contribution is 2.22. The van der Waals surface area contributed by atoms with Crippen LogP contribution < -0.4 is 5.56 Å². The highest BCUT2D eigenvalue weighted by molar-refractivity contribution is 8.00.